The molecule has 0 saturated carbocycles. The highest BCUT2D eigenvalue weighted by Crippen LogP contribution is 2.22. The van der Waals surface area contributed by atoms with E-state index < -0.39 is 0 Å². The fraction of sp³-hybridized carbons (Fsp3) is 0.308. The van der Waals surface area contributed by atoms with E-state index in [1.54, 1.807) is 18.3 Å². The van der Waals surface area contributed by atoms with Gasteiger partial charge in [-0.3, -0.25) is 0 Å². The molecule has 90 valence electrons. The van der Waals surface area contributed by atoms with E-state index >= 15 is 0 Å². The van der Waals surface area contributed by atoms with Crippen molar-refractivity contribution in [2.75, 3.05) is 13.6 Å². The number of hydrogen-bond acceptors (Lipinski definition) is 2. The van der Waals surface area contributed by atoms with Gasteiger partial charge in [0.2, 0.25) is 0 Å². The van der Waals surface area contributed by atoms with Gasteiger partial charge >= 0.3 is 0 Å². The Morgan fingerprint density at radius 1 is 1.35 bits per heavy atom. The number of nitrogens with one attached hydrogen (secondary N) is 1. The summed E-state index contributed by atoms with van der Waals surface area (Å²) < 4.78 is 15.6. The molecule has 0 atom stereocenters. The molecule has 0 fully saturated rings. The predicted molar refractivity (Wildman–Crippen MR) is 66.2 cm³/mol. The highest BCUT2D eigenvalue weighted by atomic mass is 19.1. The number of halogens is 1. The molecule has 0 aliphatic carbocycles. The molecule has 1 aromatic carbocycles. The first-order valence-electron chi connectivity index (χ1n) is 5.64. The van der Waals surface area contributed by atoms with Gasteiger partial charge in [0.1, 0.15) is 11.6 Å². The lowest BCUT2D eigenvalue weighted by Crippen LogP contribution is -2.13. The van der Waals surface area contributed by atoms with Crippen LogP contribution < -0.4 is 5.32 Å². The molecule has 0 spiro atoms. The summed E-state index contributed by atoms with van der Waals surface area (Å²) in [6, 6.07) is 6.76. The number of aromatic nitrogens is 2. The quantitative estimate of drug-likeness (QED) is 0.875. The second kappa shape index (κ2) is 5.10. The zero-order chi connectivity index (χ0) is 12.3. The summed E-state index contributed by atoms with van der Waals surface area (Å²) in [7, 11) is 3.82. The number of hydrogen-bond donors (Lipinski definition) is 1. The number of nitrogens with zero attached hydrogens (tertiary/aromatic N) is 2. The van der Waals surface area contributed by atoms with Crippen molar-refractivity contribution in [1.82, 2.24) is 14.9 Å². The van der Waals surface area contributed by atoms with Crippen LogP contribution in [0.1, 0.15) is 5.82 Å². The fourth-order valence-electron chi connectivity index (χ4n) is 1.84. The van der Waals surface area contributed by atoms with E-state index in [1.165, 1.54) is 6.07 Å². The van der Waals surface area contributed by atoms with E-state index in [-0.39, 0.29) is 5.82 Å². The van der Waals surface area contributed by atoms with Gasteiger partial charge in [-0.15, -0.1) is 0 Å². The van der Waals surface area contributed by atoms with E-state index in [2.05, 4.69) is 10.3 Å². The molecule has 0 amide bonds. The molecule has 17 heavy (non-hydrogen) atoms. The zero-order valence-electron chi connectivity index (χ0n) is 10.1. The Labute approximate surface area is 100 Å². The first kappa shape index (κ1) is 11.8. The summed E-state index contributed by atoms with van der Waals surface area (Å²) in [4.78, 5) is 4.33. The second-order valence-corrected chi connectivity index (χ2v) is 3.95. The van der Waals surface area contributed by atoms with E-state index in [0.29, 0.717) is 5.56 Å². The van der Waals surface area contributed by atoms with Crippen LogP contribution in [0.2, 0.25) is 0 Å². The number of rotatable bonds is 4. The van der Waals surface area contributed by atoms with E-state index in [9.17, 15) is 4.39 Å². The molecule has 1 heterocycles. The van der Waals surface area contributed by atoms with Crippen LogP contribution >= 0.6 is 0 Å². The van der Waals surface area contributed by atoms with Crippen LogP contribution in [0.15, 0.2) is 30.5 Å². The van der Waals surface area contributed by atoms with Gasteiger partial charge in [0.15, 0.2) is 0 Å². The largest absolute Gasteiger partial charge is 0.331 e. The first-order chi connectivity index (χ1) is 8.24. The molecular weight excluding hydrogens is 217 g/mol. The van der Waals surface area contributed by atoms with Crippen molar-refractivity contribution >= 4 is 0 Å². The topological polar surface area (TPSA) is 29.9 Å². The molecule has 4 heteroatoms. The molecule has 1 N–H and O–H groups in total. The third kappa shape index (κ3) is 2.36. The van der Waals surface area contributed by atoms with Crippen LogP contribution in [0, 0.1) is 5.82 Å². The summed E-state index contributed by atoms with van der Waals surface area (Å²) in [5, 5.41) is 3.08. The minimum atomic E-state index is -0.212. The van der Waals surface area contributed by atoms with Crippen LogP contribution in [0.3, 0.4) is 0 Å². The molecule has 0 aliphatic heterocycles. The summed E-state index contributed by atoms with van der Waals surface area (Å²) in [6.45, 7) is 0.863. The molecule has 2 rings (SSSR count). The Hall–Kier alpha value is -1.68. The van der Waals surface area contributed by atoms with E-state index in [1.807, 2.05) is 24.7 Å². The maximum Gasteiger partial charge on any atom is 0.132 e. The first-order valence-corrected chi connectivity index (χ1v) is 5.64. The van der Waals surface area contributed by atoms with Gasteiger partial charge in [-0.1, -0.05) is 12.1 Å². The van der Waals surface area contributed by atoms with Crippen molar-refractivity contribution in [3.05, 3.63) is 42.1 Å². The number of imidazole rings is 1. The van der Waals surface area contributed by atoms with Gasteiger partial charge in [0, 0.05) is 25.6 Å². The molecule has 3 nitrogen and oxygen atoms in total. The van der Waals surface area contributed by atoms with Gasteiger partial charge in [-0.25, -0.2) is 9.37 Å². The Morgan fingerprint density at radius 2 is 2.12 bits per heavy atom. The Balaban J connectivity index is 2.34. The maximum absolute atomic E-state index is 13.7. The highest BCUT2D eigenvalue weighted by Gasteiger charge is 2.11. The Morgan fingerprint density at radius 3 is 2.82 bits per heavy atom. The van der Waals surface area contributed by atoms with Crippen molar-refractivity contribution in [2.24, 2.45) is 7.05 Å². The third-order valence-electron chi connectivity index (χ3n) is 2.83. The maximum atomic E-state index is 13.7. The van der Waals surface area contributed by atoms with E-state index in [0.717, 1.165) is 24.5 Å². The lowest BCUT2D eigenvalue weighted by Gasteiger charge is -2.06. The standard InChI is InChI=1S/C13H16FN3/c1-15-8-7-13-16-9-12(17(13)2)10-5-3-4-6-11(10)14/h3-6,9,15H,7-8H2,1-2H3. The SMILES string of the molecule is CNCCc1ncc(-c2ccccc2F)n1C. The average molecular weight is 233 g/mol. The smallest absolute Gasteiger partial charge is 0.132 e. The van der Waals surface area contributed by atoms with Crippen LogP contribution in [-0.2, 0) is 13.5 Å². The minimum absolute atomic E-state index is 0.212. The average Bonchev–Trinajstić information content (AvgIpc) is 2.69. The van der Waals surface area contributed by atoms with Crippen molar-refractivity contribution in [1.29, 1.82) is 0 Å². The molecule has 2 aromatic rings. The van der Waals surface area contributed by atoms with Crippen LogP contribution in [0.25, 0.3) is 11.3 Å². The molecule has 0 aliphatic rings. The van der Waals surface area contributed by atoms with Crippen molar-refractivity contribution in [3.8, 4) is 11.3 Å². The van der Waals surface area contributed by atoms with Crippen molar-refractivity contribution in [3.63, 3.8) is 0 Å². The monoisotopic (exact) mass is 233 g/mol. The van der Waals surface area contributed by atoms with Crippen LogP contribution in [0.4, 0.5) is 4.39 Å². The summed E-state index contributed by atoms with van der Waals surface area (Å²) in [6.07, 6.45) is 2.56. The molecule has 0 radical (unpaired) electrons. The van der Waals surface area contributed by atoms with E-state index in [4.69, 9.17) is 0 Å². The number of likely N-dealkylation sites (N-methyl/N-ethyl adjacent to an activating group) is 1. The second-order valence-electron chi connectivity index (χ2n) is 3.95. The molecular formula is C13H16FN3. The lowest BCUT2D eigenvalue weighted by molar-refractivity contribution is 0.629. The van der Waals surface area contributed by atoms with Crippen LogP contribution in [-0.4, -0.2) is 23.1 Å². The van der Waals surface area contributed by atoms with Crippen molar-refractivity contribution < 1.29 is 4.39 Å². The van der Waals surface area contributed by atoms with Gasteiger partial charge in [0.25, 0.3) is 0 Å². The fourth-order valence-corrected chi connectivity index (χ4v) is 1.84. The predicted octanol–water partition coefficient (Wildman–Crippen LogP) is 1.99. The molecule has 0 unspecified atom stereocenters. The minimum Gasteiger partial charge on any atom is -0.331 e. The van der Waals surface area contributed by atoms with Gasteiger partial charge < -0.3 is 9.88 Å². The lowest BCUT2D eigenvalue weighted by atomic mass is 10.1. The zero-order valence-corrected chi connectivity index (χ0v) is 10.1. The molecule has 0 saturated heterocycles. The van der Waals surface area contributed by atoms with Crippen molar-refractivity contribution in [2.45, 2.75) is 6.42 Å². The summed E-state index contributed by atoms with van der Waals surface area (Å²) in [5.74, 6) is 0.744. The Kier molecular flexibility index (Phi) is 3.54. The van der Waals surface area contributed by atoms with Gasteiger partial charge in [-0.05, 0) is 19.2 Å². The van der Waals surface area contributed by atoms with Gasteiger partial charge in [-0.2, -0.15) is 0 Å². The van der Waals surface area contributed by atoms with Crippen LogP contribution in [0.5, 0.6) is 0 Å². The summed E-state index contributed by atoms with van der Waals surface area (Å²) >= 11 is 0. The highest BCUT2D eigenvalue weighted by molar-refractivity contribution is 5.60. The number of benzene rings is 1. The Bertz CT molecular complexity index is 505. The molecule has 1 aromatic heterocycles. The third-order valence-corrected chi connectivity index (χ3v) is 2.83. The molecule has 0 bridgehead atoms. The summed E-state index contributed by atoms with van der Waals surface area (Å²) in [5.41, 5.74) is 1.41. The van der Waals surface area contributed by atoms with Gasteiger partial charge in [0.05, 0.1) is 11.9 Å². The normalized spacial score (nSPS) is 10.8.